The Morgan fingerprint density at radius 2 is 1.24 bits per heavy atom. The average Bonchev–Trinajstić information content (AvgIpc) is 3.07. The molecule has 1 aliphatic rings. The predicted molar refractivity (Wildman–Crippen MR) is 181 cm³/mol. The van der Waals surface area contributed by atoms with E-state index in [1.54, 1.807) is 42.5 Å². The van der Waals surface area contributed by atoms with Crippen LogP contribution >= 0.6 is 0 Å². The van der Waals surface area contributed by atoms with Gasteiger partial charge in [-0.05, 0) is 101 Å². The standard InChI is InChI=1S/C40H42O6/c1-5-24-43-34-17-11-30(12-18-34)32-15-21-36(22-16-32)46-40(42)33-9-7-29(8-10-33)31-13-19-35(20-14-31)45-39(41)26-44-38-25-28(4)6-23-37(38)27(2)3/h5,7-22,27-28,37-38H,1,6,23-26H2,2-4H3. The van der Waals surface area contributed by atoms with Gasteiger partial charge in [0, 0.05) is 0 Å². The van der Waals surface area contributed by atoms with Crippen LogP contribution < -0.4 is 14.2 Å². The molecule has 0 bridgehead atoms. The number of ether oxygens (including phenoxy) is 4. The van der Waals surface area contributed by atoms with Gasteiger partial charge in [-0.3, -0.25) is 0 Å². The second-order valence-electron chi connectivity index (χ2n) is 12.3. The number of rotatable bonds is 12. The number of esters is 2. The molecule has 1 saturated carbocycles. The summed E-state index contributed by atoms with van der Waals surface area (Å²) in [4.78, 5) is 25.3. The summed E-state index contributed by atoms with van der Waals surface area (Å²) in [6, 6.07) is 29.7. The summed E-state index contributed by atoms with van der Waals surface area (Å²) in [6.45, 7) is 10.8. The molecule has 1 aliphatic carbocycles. The third-order valence-electron chi connectivity index (χ3n) is 8.54. The second kappa shape index (κ2) is 15.5. The second-order valence-corrected chi connectivity index (χ2v) is 12.3. The van der Waals surface area contributed by atoms with Crippen LogP contribution in [0.4, 0.5) is 0 Å². The van der Waals surface area contributed by atoms with Crippen molar-refractivity contribution in [3.8, 4) is 39.5 Å². The number of hydrogen-bond acceptors (Lipinski definition) is 6. The maximum Gasteiger partial charge on any atom is 0.343 e. The molecule has 5 rings (SSSR count). The van der Waals surface area contributed by atoms with Crippen molar-refractivity contribution in [3.63, 3.8) is 0 Å². The number of carbonyl (C=O) groups is 2. The monoisotopic (exact) mass is 618 g/mol. The first-order chi connectivity index (χ1) is 22.3. The molecule has 6 heteroatoms. The van der Waals surface area contributed by atoms with Crippen molar-refractivity contribution in [2.45, 2.75) is 46.1 Å². The first-order valence-electron chi connectivity index (χ1n) is 16.0. The summed E-state index contributed by atoms with van der Waals surface area (Å²) in [7, 11) is 0. The Morgan fingerprint density at radius 1 is 0.739 bits per heavy atom. The molecule has 0 amide bonds. The summed E-state index contributed by atoms with van der Waals surface area (Å²) >= 11 is 0. The molecule has 6 nitrogen and oxygen atoms in total. The molecule has 0 N–H and O–H groups in total. The maximum absolute atomic E-state index is 12.8. The molecule has 0 heterocycles. The molecular weight excluding hydrogens is 576 g/mol. The first kappa shape index (κ1) is 32.7. The van der Waals surface area contributed by atoms with Gasteiger partial charge in [0.25, 0.3) is 0 Å². The highest BCUT2D eigenvalue weighted by atomic mass is 16.6. The predicted octanol–water partition coefficient (Wildman–Crippen LogP) is 9.19. The van der Waals surface area contributed by atoms with Crippen LogP contribution in [0.15, 0.2) is 110 Å². The molecule has 0 spiro atoms. The van der Waals surface area contributed by atoms with Crippen LogP contribution in [0.5, 0.6) is 17.2 Å². The van der Waals surface area contributed by atoms with E-state index in [0.717, 1.165) is 40.8 Å². The van der Waals surface area contributed by atoms with Crippen molar-refractivity contribution in [1.29, 1.82) is 0 Å². The van der Waals surface area contributed by atoms with Crippen LogP contribution in [0.2, 0.25) is 0 Å². The van der Waals surface area contributed by atoms with Crippen LogP contribution in [0, 0.1) is 17.8 Å². The summed E-state index contributed by atoms with van der Waals surface area (Å²) in [6.07, 6.45) is 5.14. The van der Waals surface area contributed by atoms with Crippen molar-refractivity contribution in [2.24, 2.45) is 17.8 Å². The van der Waals surface area contributed by atoms with Crippen molar-refractivity contribution in [2.75, 3.05) is 13.2 Å². The molecule has 4 aromatic rings. The van der Waals surface area contributed by atoms with Gasteiger partial charge in [-0.25, -0.2) is 9.59 Å². The lowest BCUT2D eigenvalue weighted by molar-refractivity contribution is -0.145. The van der Waals surface area contributed by atoms with E-state index in [1.807, 2.05) is 60.7 Å². The van der Waals surface area contributed by atoms with E-state index < -0.39 is 11.9 Å². The minimum Gasteiger partial charge on any atom is -0.490 e. The smallest absolute Gasteiger partial charge is 0.343 e. The zero-order valence-corrected chi connectivity index (χ0v) is 26.8. The van der Waals surface area contributed by atoms with Crippen LogP contribution in [-0.4, -0.2) is 31.3 Å². The van der Waals surface area contributed by atoms with Crippen molar-refractivity contribution in [1.82, 2.24) is 0 Å². The van der Waals surface area contributed by atoms with Crippen molar-refractivity contribution < 1.29 is 28.5 Å². The Bertz CT molecular complexity index is 1590. The molecule has 1 fully saturated rings. The van der Waals surface area contributed by atoms with Crippen LogP contribution in [-0.2, 0) is 9.53 Å². The number of hydrogen-bond donors (Lipinski definition) is 0. The van der Waals surface area contributed by atoms with Crippen LogP contribution in [0.1, 0.15) is 50.4 Å². The van der Waals surface area contributed by atoms with Crippen LogP contribution in [0.3, 0.4) is 0 Å². The SMILES string of the molecule is C=CCOc1ccc(-c2ccc(OC(=O)c3ccc(-c4ccc(OC(=O)COC5CC(C)CCC5C(C)C)cc4)cc3)cc2)cc1. The fourth-order valence-electron chi connectivity index (χ4n) is 5.94. The topological polar surface area (TPSA) is 71.1 Å². The maximum atomic E-state index is 12.8. The van der Waals surface area contributed by atoms with E-state index >= 15 is 0 Å². The molecule has 0 radical (unpaired) electrons. The Kier molecular flexibility index (Phi) is 11.1. The molecule has 3 atom stereocenters. The Labute approximate surface area is 272 Å². The van der Waals surface area contributed by atoms with Crippen molar-refractivity contribution in [3.05, 3.63) is 115 Å². The molecule has 3 unspecified atom stereocenters. The van der Waals surface area contributed by atoms with Crippen molar-refractivity contribution >= 4 is 11.9 Å². The van der Waals surface area contributed by atoms with Gasteiger partial charge < -0.3 is 18.9 Å². The quantitative estimate of drug-likeness (QED) is 0.0896. The van der Waals surface area contributed by atoms with Crippen LogP contribution in [0.25, 0.3) is 22.3 Å². The van der Waals surface area contributed by atoms with Gasteiger partial charge in [0.2, 0.25) is 0 Å². The molecular formula is C40H42O6. The largest absolute Gasteiger partial charge is 0.490 e. The zero-order chi connectivity index (χ0) is 32.5. The normalized spacial score (nSPS) is 17.7. The van der Waals surface area contributed by atoms with Gasteiger partial charge in [-0.15, -0.1) is 0 Å². The van der Waals surface area contributed by atoms with Gasteiger partial charge in [0.1, 0.15) is 30.5 Å². The summed E-state index contributed by atoms with van der Waals surface area (Å²) in [5.74, 6) is 2.49. The van der Waals surface area contributed by atoms with Gasteiger partial charge in [-0.1, -0.05) is 88.4 Å². The fraction of sp³-hybridized carbons (Fsp3) is 0.300. The lowest BCUT2D eigenvalue weighted by Gasteiger charge is -2.36. The zero-order valence-electron chi connectivity index (χ0n) is 26.8. The Hall–Kier alpha value is -4.68. The molecule has 4 aromatic carbocycles. The van der Waals surface area contributed by atoms with E-state index in [2.05, 4.69) is 27.4 Å². The minimum atomic E-state index is -0.435. The van der Waals surface area contributed by atoms with Gasteiger partial charge in [0.05, 0.1) is 11.7 Å². The number of carbonyl (C=O) groups excluding carboxylic acids is 2. The van der Waals surface area contributed by atoms with E-state index in [9.17, 15) is 9.59 Å². The fourth-order valence-corrected chi connectivity index (χ4v) is 5.94. The molecule has 0 saturated heterocycles. The Morgan fingerprint density at radius 3 is 1.76 bits per heavy atom. The summed E-state index contributed by atoms with van der Waals surface area (Å²) < 4.78 is 22.7. The van der Waals surface area contributed by atoms with E-state index in [1.165, 1.54) is 6.42 Å². The highest BCUT2D eigenvalue weighted by molar-refractivity contribution is 5.91. The van der Waals surface area contributed by atoms with E-state index in [4.69, 9.17) is 18.9 Å². The van der Waals surface area contributed by atoms with Gasteiger partial charge in [-0.2, -0.15) is 0 Å². The highest BCUT2D eigenvalue weighted by Gasteiger charge is 2.32. The lowest BCUT2D eigenvalue weighted by atomic mass is 9.75. The minimum absolute atomic E-state index is 0.0512. The average molecular weight is 619 g/mol. The third kappa shape index (κ3) is 8.73. The Balaban J connectivity index is 1.11. The first-order valence-corrected chi connectivity index (χ1v) is 16.0. The molecule has 0 aromatic heterocycles. The molecule has 238 valence electrons. The third-order valence-corrected chi connectivity index (χ3v) is 8.54. The van der Waals surface area contributed by atoms with E-state index in [0.29, 0.717) is 41.4 Å². The highest BCUT2D eigenvalue weighted by Crippen LogP contribution is 2.35. The van der Waals surface area contributed by atoms with Gasteiger partial charge >= 0.3 is 11.9 Å². The molecule has 46 heavy (non-hydrogen) atoms. The van der Waals surface area contributed by atoms with E-state index in [-0.39, 0.29) is 12.7 Å². The summed E-state index contributed by atoms with van der Waals surface area (Å²) in [5.41, 5.74) is 4.34. The summed E-state index contributed by atoms with van der Waals surface area (Å²) in [5, 5.41) is 0. The lowest BCUT2D eigenvalue weighted by Crippen LogP contribution is -2.36. The van der Waals surface area contributed by atoms with Gasteiger partial charge in [0.15, 0.2) is 0 Å². The number of benzene rings is 4. The molecule has 0 aliphatic heterocycles.